The molecule has 1 aliphatic rings. The number of alkyl carbamates (subject to hydrolysis) is 1. The van der Waals surface area contributed by atoms with E-state index in [1.807, 2.05) is 32.5 Å². The predicted molar refractivity (Wildman–Crippen MR) is 149 cm³/mol. The number of nitrogens with zero attached hydrogens (tertiary/aromatic N) is 1. The van der Waals surface area contributed by atoms with Gasteiger partial charge >= 0.3 is 6.09 Å². The Balaban J connectivity index is 2.45. The first-order chi connectivity index (χ1) is 16.9. The van der Waals surface area contributed by atoms with Crippen LogP contribution in [-0.2, 0) is 14.2 Å². The highest BCUT2D eigenvalue weighted by molar-refractivity contribution is 7.99. The molecule has 0 aliphatic carbocycles. The van der Waals surface area contributed by atoms with E-state index in [0.717, 1.165) is 44.0 Å². The highest BCUT2D eigenvalue weighted by Gasteiger charge is 2.29. The van der Waals surface area contributed by atoms with Crippen molar-refractivity contribution in [2.45, 2.75) is 129 Å². The molecular formula is C28H56N2O4S. The Bertz CT molecular complexity index is 510. The van der Waals surface area contributed by atoms with Crippen LogP contribution >= 0.6 is 11.8 Å². The van der Waals surface area contributed by atoms with Crippen molar-refractivity contribution >= 4 is 17.9 Å². The highest BCUT2D eigenvalue weighted by atomic mass is 32.2. The Morgan fingerprint density at radius 2 is 1.46 bits per heavy atom. The Labute approximate surface area is 221 Å². The van der Waals surface area contributed by atoms with Gasteiger partial charge in [-0.15, -0.1) is 0 Å². The fourth-order valence-corrected chi connectivity index (χ4v) is 5.50. The lowest BCUT2D eigenvalue weighted by Gasteiger charge is -2.35. The number of hydrogen-bond acceptors (Lipinski definition) is 6. The van der Waals surface area contributed by atoms with Crippen molar-refractivity contribution < 1.29 is 19.0 Å². The molecule has 0 aromatic heterocycles. The van der Waals surface area contributed by atoms with Gasteiger partial charge in [0.1, 0.15) is 12.4 Å². The molecule has 0 aromatic rings. The van der Waals surface area contributed by atoms with Gasteiger partial charge in [0.2, 0.25) is 0 Å². The number of carbonyl (C=O) groups is 1. The smallest absolute Gasteiger partial charge is 0.408 e. The summed E-state index contributed by atoms with van der Waals surface area (Å²) in [6.45, 7) is 11.1. The van der Waals surface area contributed by atoms with Crippen LogP contribution in [0.5, 0.6) is 0 Å². The molecule has 0 radical (unpaired) electrons. The van der Waals surface area contributed by atoms with Crippen molar-refractivity contribution in [2.75, 3.05) is 45.0 Å². The summed E-state index contributed by atoms with van der Waals surface area (Å²) in [7, 11) is 1.65. The SMILES string of the molecule is CCCCCCCCCCCCCC[C@H](OCOC)[C@H](CN1CCSCC1)NC(=O)OC(C)(C)C. The van der Waals surface area contributed by atoms with Gasteiger partial charge in [-0.25, -0.2) is 4.79 Å². The van der Waals surface area contributed by atoms with Gasteiger partial charge in [0.05, 0.1) is 12.1 Å². The second-order valence-electron chi connectivity index (χ2n) is 11.0. The van der Waals surface area contributed by atoms with Crippen molar-refractivity contribution in [3.05, 3.63) is 0 Å². The molecule has 7 heteroatoms. The van der Waals surface area contributed by atoms with Gasteiger partial charge in [-0.2, -0.15) is 11.8 Å². The highest BCUT2D eigenvalue weighted by Crippen LogP contribution is 2.18. The molecule has 1 heterocycles. The summed E-state index contributed by atoms with van der Waals surface area (Å²) >= 11 is 2.00. The Morgan fingerprint density at radius 3 is 1.97 bits per heavy atom. The minimum Gasteiger partial charge on any atom is -0.444 e. The summed E-state index contributed by atoms with van der Waals surface area (Å²) in [6.07, 6.45) is 16.4. The summed E-state index contributed by atoms with van der Waals surface area (Å²) in [6, 6.07) is -0.115. The largest absolute Gasteiger partial charge is 0.444 e. The monoisotopic (exact) mass is 516 g/mol. The lowest BCUT2D eigenvalue weighted by atomic mass is 10.0. The Hall–Kier alpha value is -0.500. The number of methoxy groups -OCH3 is 1. The summed E-state index contributed by atoms with van der Waals surface area (Å²) in [4.78, 5) is 15.1. The molecule has 0 bridgehead atoms. The minimum absolute atomic E-state index is 0.0832. The average Bonchev–Trinajstić information content (AvgIpc) is 2.80. The zero-order valence-electron chi connectivity index (χ0n) is 23.6. The molecule has 0 aromatic carbocycles. The van der Waals surface area contributed by atoms with E-state index in [-0.39, 0.29) is 25.0 Å². The van der Waals surface area contributed by atoms with E-state index in [4.69, 9.17) is 14.2 Å². The van der Waals surface area contributed by atoms with Crippen LogP contribution in [0.1, 0.15) is 111 Å². The number of thioether (sulfide) groups is 1. The molecular weight excluding hydrogens is 460 g/mol. The molecule has 1 N–H and O–H groups in total. The van der Waals surface area contributed by atoms with Crippen LogP contribution in [0, 0.1) is 0 Å². The first-order valence-corrected chi connectivity index (χ1v) is 15.4. The van der Waals surface area contributed by atoms with E-state index < -0.39 is 5.60 Å². The topological polar surface area (TPSA) is 60.0 Å². The van der Waals surface area contributed by atoms with E-state index in [9.17, 15) is 4.79 Å². The van der Waals surface area contributed by atoms with Crippen LogP contribution in [0.4, 0.5) is 4.79 Å². The van der Waals surface area contributed by atoms with E-state index in [1.54, 1.807) is 7.11 Å². The summed E-state index contributed by atoms with van der Waals surface area (Å²) in [5.41, 5.74) is -0.519. The van der Waals surface area contributed by atoms with Crippen LogP contribution in [-0.4, -0.2) is 73.8 Å². The van der Waals surface area contributed by atoms with Crippen LogP contribution in [0.15, 0.2) is 0 Å². The number of amides is 1. The third-order valence-corrected chi connectivity index (χ3v) is 7.39. The molecule has 1 fully saturated rings. The average molecular weight is 517 g/mol. The van der Waals surface area contributed by atoms with E-state index in [1.165, 1.54) is 70.6 Å². The first-order valence-electron chi connectivity index (χ1n) is 14.3. The van der Waals surface area contributed by atoms with E-state index in [0.29, 0.717) is 0 Å². The van der Waals surface area contributed by atoms with Crippen molar-refractivity contribution in [2.24, 2.45) is 0 Å². The van der Waals surface area contributed by atoms with Gasteiger partial charge in [0.25, 0.3) is 0 Å². The molecule has 1 amide bonds. The third-order valence-electron chi connectivity index (χ3n) is 6.45. The fourth-order valence-electron chi connectivity index (χ4n) is 4.52. The molecule has 208 valence electrons. The minimum atomic E-state index is -0.519. The van der Waals surface area contributed by atoms with Gasteiger partial charge < -0.3 is 19.5 Å². The van der Waals surface area contributed by atoms with Crippen molar-refractivity contribution in [1.82, 2.24) is 10.2 Å². The zero-order chi connectivity index (χ0) is 25.8. The molecule has 1 rings (SSSR count). The lowest BCUT2D eigenvalue weighted by Crippen LogP contribution is -2.53. The maximum Gasteiger partial charge on any atom is 0.408 e. The van der Waals surface area contributed by atoms with Crippen molar-refractivity contribution in [3.8, 4) is 0 Å². The standard InChI is InChI=1S/C28H56N2O4S/c1-6-7-8-9-10-11-12-13-14-15-16-17-18-26(33-24-32-5)25(23-30-19-21-35-22-20-30)29-27(31)34-28(2,3)4/h25-26H,6-24H2,1-5H3,(H,29,31)/t25-,26-/m0/s1. The Morgan fingerprint density at radius 1 is 0.914 bits per heavy atom. The number of ether oxygens (including phenoxy) is 3. The van der Waals surface area contributed by atoms with E-state index >= 15 is 0 Å². The number of nitrogens with one attached hydrogen (secondary N) is 1. The van der Waals surface area contributed by atoms with Gasteiger partial charge in [0, 0.05) is 38.2 Å². The number of carbonyl (C=O) groups excluding carboxylic acids is 1. The molecule has 0 saturated carbocycles. The molecule has 1 aliphatic heterocycles. The summed E-state index contributed by atoms with van der Waals surface area (Å²) in [5, 5.41) is 3.13. The second kappa shape index (κ2) is 20.5. The van der Waals surface area contributed by atoms with Crippen LogP contribution in [0.25, 0.3) is 0 Å². The second-order valence-corrected chi connectivity index (χ2v) is 12.2. The van der Waals surface area contributed by atoms with Gasteiger partial charge in [-0.3, -0.25) is 4.90 Å². The quantitative estimate of drug-likeness (QED) is 0.139. The number of hydrogen-bond donors (Lipinski definition) is 1. The predicted octanol–water partition coefficient (Wildman–Crippen LogP) is 7.01. The van der Waals surface area contributed by atoms with Crippen molar-refractivity contribution in [1.29, 1.82) is 0 Å². The number of rotatable bonds is 20. The maximum absolute atomic E-state index is 12.6. The molecule has 0 unspecified atom stereocenters. The van der Waals surface area contributed by atoms with Gasteiger partial charge in [-0.1, -0.05) is 84.0 Å². The normalized spacial score (nSPS) is 16.7. The zero-order valence-corrected chi connectivity index (χ0v) is 24.4. The van der Waals surface area contributed by atoms with E-state index in [2.05, 4.69) is 17.1 Å². The lowest BCUT2D eigenvalue weighted by molar-refractivity contribution is -0.0893. The van der Waals surface area contributed by atoms with Crippen LogP contribution in [0.2, 0.25) is 0 Å². The Kier molecular flexibility index (Phi) is 19.1. The molecule has 6 nitrogen and oxygen atoms in total. The van der Waals surface area contributed by atoms with Crippen LogP contribution in [0.3, 0.4) is 0 Å². The maximum atomic E-state index is 12.6. The van der Waals surface area contributed by atoms with Crippen LogP contribution < -0.4 is 5.32 Å². The summed E-state index contributed by atoms with van der Waals surface area (Å²) in [5.74, 6) is 2.28. The van der Waals surface area contributed by atoms with Gasteiger partial charge in [0.15, 0.2) is 0 Å². The van der Waals surface area contributed by atoms with Gasteiger partial charge in [-0.05, 0) is 27.2 Å². The molecule has 1 saturated heterocycles. The molecule has 0 spiro atoms. The summed E-state index contributed by atoms with van der Waals surface area (Å²) < 4.78 is 16.9. The number of unbranched alkanes of at least 4 members (excludes halogenated alkanes) is 11. The first kappa shape index (κ1) is 32.5. The molecule has 2 atom stereocenters. The third kappa shape index (κ3) is 18.4. The fraction of sp³-hybridized carbons (Fsp3) is 0.964. The molecule has 35 heavy (non-hydrogen) atoms. The van der Waals surface area contributed by atoms with Crippen molar-refractivity contribution in [3.63, 3.8) is 0 Å².